The van der Waals surface area contributed by atoms with Gasteiger partial charge in [-0.05, 0) is 73.9 Å². The fraction of sp³-hybridized carbons (Fsp3) is 0.517. The summed E-state index contributed by atoms with van der Waals surface area (Å²) < 4.78 is 11.0. The average molecular weight is 1230 g/mol. The molecule has 472 valence electrons. The highest BCUT2D eigenvalue weighted by Gasteiger charge is 2.50. The number of nitrogens with one attached hydrogen (secondary N) is 5. The molecule has 0 spiro atoms. The number of phenolic OH excluding ortho intramolecular Hbond substituents is 2. The van der Waals surface area contributed by atoms with Crippen LogP contribution >= 0.6 is 11.3 Å². The van der Waals surface area contributed by atoms with Gasteiger partial charge in [-0.1, -0.05) is 55.7 Å². The number of carbonyl (C=O) groups excluding carboxylic acids is 8. The molecule has 29 heteroatoms. The van der Waals surface area contributed by atoms with Crippen molar-refractivity contribution in [3.8, 4) is 38.4 Å². The molecule has 1 aromatic heterocycles. The number of primary amides is 1. The minimum Gasteiger partial charge on any atom is -0.504 e. The Morgan fingerprint density at radius 3 is 1.95 bits per heavy atom. The number of hydrogen-bond acceptors (Lipinski definition) is 21. The molecule has 28 nitrogen and oxygen atoms in total. The first-order valence-electron chi connectivity index (χ1n) is 28.6. The second-order valence-corrected chi connectivity index (χ2v) is 23.1. The van der Waals surface area contributed by atoms with E-state index in [2.05, 4.69) is 36.8 Å². The van der Waals surface area contributed by atoms with Crippen molar-refractivity contribution in [3.05, 3.63) is 77.9 Å². The number of unbranched alkanes of at least 4 members (excludes halogenated alkanes) is 4. The molecule has 87 heavy (non-hydrogen) atoms. The molecule has 3 aromatic carbocycles. The summed E-state index contributed by atoms with van der Waals surface area (Å²) in [6.07, 6.45) is -8.16. The van der Waals surface area contributed by atoms with Crippen LogP contribution in [0.4, 0.5) is 0 Å². The van der Waals surface area contributed by atoms with Crippen LogP contribution in [-0.4, -0.2) is 221 Å². The van der Waals surface area contributed by atoms with Crippen LogP contribution in [0.2, 0.25) is 0 Å². The van der Waals surface area contributed by atoms with Crippen molar-refractivity contribution in [2.45, 2.75) is 145 Å². The number of hydrogen-bond donors (Lipinski definition) is 14. The summed E-state index contributed by atoms with van der Waals surface area (Å²) in [5, 5.41) is 110. The number of fused-ring (bicyclic) bond motifs is 2. The number of nitrogens with zero attached hydrogens (tertiary/aromatic N) is 4. The van der Waals surface area contributed by atoms with Gasteiger partial charge >= 0.3 is 0 Å². The van der Waals surface area contributed by atoms with Gasteiger partial charge in [-0.2, -0.15) is 0 Å². The van der Waals surface area contributed by atoms with Gasteiger partial charge in [0.05, 0.1) is 49.7 Å². The first kappa shape index (κ1) is 66.6. The molecule has 0 aliphatic carbocycles. The van der Waals surface area contributed by atoms with Gasteiger partial charge in [-0.25, -0.2) is 0 Å². The monoisotopic (exact) mass is 1230 g/mol. The highest BCUT2D eigenvalue weighted by molar-refractivity contribution is 7.17. The molecular weight excluding hydrogens is 1160 g/mol. The lowest BCUT2D eigenvalue weighted by molar-refractivity contribution is -0.147. The van der Waals surface area contributed by atoms with Gasteiger partial charge in [-0.15, -0.1) is 10.2 Å². The van der Waals surface area contributed by atoms with Crippen molar-refractivity contribution in [2.75, 3.05) is 40.0 Å². The smallest absolute Gasteiger partial charge is 0.251 e. The van der Waals surface area contributed by atoms with Crippen LogP contribution in [0.25, 0.3) is 21.1 Å². The predicted molar refractivity (Wildman–Crippen MR) is 310 cm³/mol. The molecule has 8 amide bonds. The van der Waals surface area contributed by atoms with Crippen molar-refractivity contribution in [1.29, 1.82) is 0 Å². The maximum Gasteiger partial charge on any atom is 0.251 e. The van der Waals surface area contributed by atoms with Crippen molar-refractivity contribution in [2.24, 2.45) is 11.7 Å². The van der Waals surface area contributed by atoms with Crippen molar-refractivity contribution in [1.82, 2.24) is 46.6 Å². The van der Waals surface area contributed by atoms with Crippen LogP contribution in [0.1, 0.15) is 81.1 Å². The van der Waals surface area contributed by atoms with Crippen LogP contribution in [0, 0.1) is 5.92 Å². The molecule has 0 bridgehead atoms. The molecule has 3 saturated heterocycles. The molecule has 13 unspecified atom stereocenters. The lowest BCUT2D eigenvalue weighted by Gasteiger charge is -2.33. The Balaban J connectivity index is 1.14. The number of aromatic hydroxyl groups is 2. The van der Waals surface area contributed by atoms with Gasteiger partial charge in [0, 0.05) is 75.2 Å². The van der Waals surface area contributed by atoms with E-state index in [-0.39, 0.29) is 17.7 Å². The zero-order chi connectivity index (χ0) is 63.2. The minimum atomic E-state index is -2.19. The first-order chi connectivity index (χ1) is 41.4. The molecule has 13 atom stereocenters. The SMILES string of the molecule is COCCCCCCCOc1ccc(-c2nnc(-c3ccc(C(=O)NC4CC(O)CNC(=O)C5C(O)C(C)CN5C(=O)C(C(O)CC(N)=O)NC(=O)C(C(O)Cc5ccc(O)c(O)c5)NC(=O)C5CC(O)CN5C(=O)C(C(C)O)NC4=O)cc3)s2)cc1. The maximum absolute atomic E-state index is 14.6. The molecule has 15 N–H and O–H groups in total. The molecule has 4 heterocycles. The van der Waals surface area contributed by atoms with E-state index in [4.69, 9.17) is 15.2 Å². The lowest BCUT2D eigenvalue weighted by Crippen LogP contribution is -2.64. The maximum atomic E-state index is 14.6. The number of rotatable bonds is 20. The Hall–Kier alpha value is -7.90. The van der Waals surface area contributed by atoms with Gasteiger partial charge in [-0.3, -0.25) is 38.4 Å². The Morgan fingerprint density at radius 1 is 0.713 bits per heavy atom. The van der Waals surface area contributed by atoms with E-state index in [1.807, 2.05) is 24.3 Å². The summed E-state index contributed by atoms with van der Waals surface area (Å²) in [5.74, 6) is -10.6. The minimum absolute atomic E-state index is 0.0112. The van der Waals surface area contributed by atoms with Crippen molar-refractivity contribution < 1.29 is 88.7 Å². The molecule has 3 aliphatic rings. The van der Waals surface area contributed by atoms with E-state index < -0.39 is 176 Å². The number of aliphatic hydroxyl groups is 6. The highest BCUT2D eigenvalue weighted by atomic mass is 32.1. The number of methoxy groups -OCH3 is 1. The number of benzene rings is 3. The number of nitrogens with two attached hydrogens (primary N) is 1. The fourth-order valence-corrected chi connectivity index (χ4v) is 11.4. The van der Waals surface area contributed by atoms with Crippen LogP contribution in [0.3, 0.4) is 0 Å². The number of carbonyl (C=O) groups is 8. The largest absolute Gasteiger partial charge is 0.504 e. The van der Waals surface area contributed by atoms with Crippen LogP contribution < -0.4 is 37.1 Å². The number of aromatic nitrogens is 2. The number of ether oxygens (including phenoxy) is 2. The molecule has 4 aromatic rings. The zero-order valence-electron chi connectivity index (χ0n) is 48.2. The standard InChI is InChI=1S/C58H76N10O18S/c1-29-27-68-48(49(29)77)54(82)60-26-35(70)23-38(61-50(78)32-10-12-33(13-11-32)55-65-66-56(87-55)34-14-16-37(17-15-34)86-20-8-6-4-5-7-19-85-3)51(79)62-45(30(2)69)57(83)67-28-36(71)24-39(67)52(80)63-46(42(74)22-31-9-18-40(72)41(73)21-31)53(81)64-47(58(68)84)43(75)25-44(59)76/h9-18,21,29-30,35-36,38-39,42-43,45-49,69-75,77H,4-8,19-20,22-28H2,1-3H3,(H2,59,76)(H,60,82)(H,61,78)(H,62,79)(H,63,80)(H,64,81). The van der Waals surface area contributed by atoms with E-state index >= 15 is 0 Å². The summed E-state index contributed by atoms with van der Waals surface area (Å²) in [6.45, 7) is 2.27. The van der Waals surface area contributed by atoms with E-state index in [0.29, 0.717) is 22.2 Å². The summed E-state index contributed by atoms with van der Waals surface area (Å²) in [4.78, 5) is 114. The van der Waals surface area contributed by atoms with E-state index in [1.165, 1.54) is 36.5 Å². The van der Waals surface area contributed by atoms with Crippen molar-refractivity contribution >= 4 is 58.6 Å². The quantitative estimate of drug-likeness (QED) is 0.0339. The van der Waals surface area contributed by atoms with Gasteiger partial charge in [0.2, 0.25) is 41.4 Å². The Morgan fingerprint density at radius 2 is 1.32 bits per heavy atom. The average Bonchev–Trinajstić information content (AvgIpc) is 1.93. The molecular formula is C58H76N10O18S. The summed E-state index contributed by atoms with van der Waals surface area (Å²) in [6, 6.07) is 5.37. The Kier molecular flexibility index (Phi) is 23.5. The second-order valence-electron chi connectivity index (χ2n) is 22.1. The van der Waals surface area contributed by atoms with E-state index in [0.717, 1.165) is 78.9 Å². The number of aliphatic hydroxyl groups excluding tert-OH is 6. The Bertz CT molecular complexity index is 3060. The Labute approximate surface area is 504 Å². The zero-order valence-corrected chi connectivity index (χ0v) is 49.0. The third kappa shape index (κ3) is 17.4. The summed E-state index contributed by atoms with van der Waals surface area (Å²) >= 11 is 1.29. The van der Waals surface area contributed by atoms with E-state index in [1.54, 1.807) is 19.2 Å². The van der Waals surface area contributed by atoms with Gasteiger partial charge < -0.3 is 92.4 Å². The molecule has 7 rings (SSSR count). The van der Waals surface area contributed by atoms with Crippen LogP contribution in [-0.2, 0) is 44.7 Å². The van der Waals surface area contributed by atoms with Gasteiger partial charge in [0.15, 0.2) is 11.5 Å². The number of amides is 8. The van der Waals surface area contributed by atoms with Crippen molar-refractivity contribution in [3.63, 3.8) is 0 Å². The first-order valence-corrected chi connectivity index (χ1v) is 29.4. The molecule has 0 radical (unpaired) electrons. The number of β-amino-alcohol motifs (C(OH)–C–C–N with tert-alkyl or cyclic N) is 1. The van der Waals surface area contributed by atoms with Crippen LogP contribution in [0.15, 0.2) is 66.7 Å². The summed E-state index contributed by atoms with van der Waals surface area (Å²) in [7, 11) is 1.69. The molecule has 3 aliphatic heterocycles. The second kappa shape index (κ2) is 30.6. The van der Waals surface area contributed by atoms with E-state index in [9.17, 15) is 79.2 Å². The topological polar surface area (TPSA) is 435 Å². The third-order valence-electron chi connectivity index (χ3n) is 15.3. The van der Waals surface area contributed by atoms with Gasteiger partial charge in [0.1, 0.15) is 52.0 Å². The summed E-state index contributed by atoms with van der Waals surface area (Å²) in [5.41, 5.74) is 6.87. The number of phenols is 2. The van der Waals surface area contributed by atoms with Gasteiger partial charge in [0.25, 0.3) is 5.91 Å². The highest BCUT2D eigenvalue weighted by Crippen LogP contribution is 2.32. The molecule has 0 saturated carbocycles. The fourth-order valence-electron chi connectivity index (χ4n) is 10.5. The third-order valence-corrected chi connectivity index (χ3v) is 16.3. The lowest BCUT2D eigenvalue weighted by atomic mass is 9.98. The normalized spacial score (nSPS) is 25.4. The predicted octanol–water partition coefficient (Wildman–Crippen LogP) is -1.92. The molecule has 3 fully saturated rings. The van der Waals surface area contributed by atoms with Crippen LogP contribution in [0.5, 0.6) is 17.2 Å².